The van der Waals surface area contributed by atoms with Crippen LogP contribution in [0.4, 0.5) is 5.69 Å². The second-order valence-corrected chi connectivity index (χ2v) is 13.6. The van der Waals surface area contributed by atoms with E-state index >= 15 is 0 Å². The second kappa shape index (κ2) is 15.1. The van der Waals surface area contributed by atoms with Gasteiger partial charge in [-0.1, -0.05) is 103 Å². The molecule has 2 amide bonds. The van der Waals surface area contributed by atoms with Crippen LogP contribution in [0, 0.1) is 6.92 Å². The Morgan fingerprint density at radius 1 is 0.826 bits per heavy atom. The van der Waals surface area contributed by atoms with E-state index in [2.05, 4.69) is 5.32 Å². The molecule has 8 nitrogen and oxygen atoms in total. The summed E-state index contributed by atoms with van der Waals surface area (Å²) in [5.41, 5.74) is 2.86. The number of ether oxygens (including phenoxy) is 1. The van der Waals surface area contributed by atoms with Crippen molar-refractivity contribution in [2.45, 2.75) is 62.6 Å². The number of carbonyl (C=O) groups is 2. The van der Waals surface area contributed by atoms with Crippen molar-refractivity contribution < 1.29 is 22.7 Å². The molecule has 1 atom stereocenters. The quantitative estimate of drug-likeness (QED) is 0.197. The fraction of sp³-hybridized carbons (Fsp3) is 0.297. The molecule has 0 heterocycles. The Kier molecular flexibility index (Phi) is 10.8. The Morgan fingerprint density at radius 2 is 1.41 bits per heavy atom. The standard InChI is InChI=1S/C37H41N3O5S/c1-28-21-23-32(24-22-28)46(43,44)40(33-19-11-12-20-35(33)45-2)27-36(41)39(26-30-15-7-4-8-16-30)34(25-29-13-5-3-6-14-29)37(42)38-31-17-9-10-18-31/h3-8,11-16,19-24,31,34H,9-10,17-18,25-27H2,1-2H3,(H,38,42)/t34-/m1/s1. The summed E-state index contributed by atoms with van der Waals surface area (Å²) in [4.78, 5) is 30.3. The molecule has 0 bridgehead atoms. The normalized spacial score (nSPS) is 14.0. The summed E-state index contributed by atoms with van der Waals surface area (Å²) < 4.78 is 35.2. The first-order valence-electron chi connectivity index (χ1n) is 15.7. The molecular formula is C37H41N3O5S. The number of methoxy groups -OCH3 is 1. The summed E-state index contributed by atoms with van der Waals surface area (Å²) >= 11 is 0. The third-order valence-corrected chi connectivity index (χ3v) is 10.2. The summed E-state index contributed by atoms with van der Waals surface area (Å²) in [5.74, 6) is -0.446. The average molecular weight is 640 g/mol. The molecular weight excluding hydrogens is 598 g/mol. The van der Waals surface area contributed by atoms with Gasteiger partial charge in [0.25, 0.3) is 10.0 Å². The fourth-order valence-electron chi connectivity index (χ4n) is 5.89. The molecule has 1 aliphatic carbocycles. The minimum Gasteiger partial charge on any atom is -0.495 e. The Hall–Kier alpha value is -4.63. The Morgan fingerprint density at radius 3 is 2.04 bits per heavy atom. The molecule has 5 rings (SSSR count). The molecule has 0 saturated heterocycles. The molecule has 0 aromatic heterocycles. The van der Waals surface area contributed by atoms with Crippen LogP contribution in [0.5, 0.6) is 5.75 Å². The lowest BCUT2D eigenvalue weighted by atomic mass is 10.0. The zero-order chi connectivity index (χ0) is 32.5. The summed E-state index contributed by atoms with van der Waals surface area (Å²) in [7, 11) is -2.76. The van der Waals surface area contributed by atoms with E-state index in [9.17, 15) is 18.0 Å². The molecule has 0 radical (unpaired) electrons. The highest BCUT2D eigenvalue weighted by molar-refractivity contribution is 7.92. The number of hydrogen-bond donors (Lipinski definition) is 1. The Balaban J connectivity index is 1.57. The number of carbonyl (C=O) groups excluding carboxylic acids is 2. The van der Waals surface area contributed by atoms with Crippen molar-refractivity contribution in [1.29, 1.82) is 0 Å². The first kappa shape index (κ1) is 32.8. The summed E-state index contributed by atoms with van der Waals surface area (Å²) in [5, 5.41) is 3.20. The number of aryl methyl sites for hydroxylation is 1. The third kappa shape index (κ3) is 7.95. The van der Waals surface area contributed by atoms with Crippen molar-refractivity contribution in [3.05, 3.63) is 126 Å². The van der Waals surface area contributed by atoms with Crippen LogP contribution in [0.3, 0.4) is 0 Å². The predicted octanol–water partition coefficient (Wildman–Crippen LogP) is 5.90. The van der Waals surface area contributed by atoms with Gasteiger partial charge in [-0.15, -0.1) is 0 Å². The molecule has 4 aromatic carbocycles. The maximum Gasteiger partial charge on any atom is 0.264 e. The number of para-hydroxylation sites is 2. The number of nitrogens with one attached hydrogen (secondary N) is 1. The van der Waals surface area contributed by atoms with Crippen LogP contribution < -0.4 is 14.4 Å². The van der Waals surface area contributed by atoms with E-state index in [1.54, 1.807) is 36.4 Å². The van der Waals surface area contributed by atoms with E-state index in [0.29, 0.717) is 5.75 Å². The number of sulfonamides is 1. The van der Waals surface area contributed by atoms with Gasteiger partial charge in [0.05, 0.1) is 17.7 Å². The molecule has 9 heteroatoms. The molecule has 1 N–H and O–H groups in total. The maximum atomic E-state index is 14.6. The third-order valence-electron chi connectivity index (χ3n) is 8.41. The van der Waals surface area contributed by atoms with Gasteiger partial charge >= 0.3 is 0 Å². The van der Waals surface area contributed by atoms with Gasteiger partial charge < -0.3 is 15.0 Å². The molecule has 240 valence electrons. The smallest absolute Gasteiger partial charge is 0.264 e. The molecule has 0 unspecified atom stereocenters. The van der Waals surface area contributed by atoms with Gasteiger partial charge in [0.2, 0.25) is 11.8 Å². The zero-order valence-electron chi connectivity index (χ0n) is 26.3. The van der Waals surface area contributed by atoms with Gasteiger partial charge in [0, 0.05) is 19.0 Å². The molecule has 4 aromatic rings. The number of anilines is 1. The van der Waals surface area contributed by atoms with E-state index in [4.69, 9.17) is 4.74 Å². The number of amides is 2. The van der Waals surface area contributed by atoms with Crippen LogP contribution >= 0.6 is 0 Å². The van der Waals surface area contributed by atoms with Gasteiger partial charge in [-0.2, -0.15) is 0 Å². The minimum absolute atomic E-state index is 0.0474. The lowest BCUT2D eigenvalue weighted by Gasteiger charge is -2.34. The van der Waals surface area contributed by atoms with E-state index in [1.807, 2.05) is 67.6 Å². The maximum absolute atomic E-state index is 14.6. The van der Waals surface area contributed by atoms with Crippen molar-refractivity contribution in [2.75, 3.05) is 18.0 Å². The van der Waals surface area contributed by atoms with Crippen LogP contribution in [0.15, 0.2) is 114 Å². The SMILES string of the molecule is COc1ccccc1N(CC(=O)N(Cc1ccccc1)[C@H](Cc1ccccc1)C(=O)NC1CCCC1)S(=O)(=O)c1ccc(C)cc1. The molecule has 46 heavy (non-hydrogen) atoms. The van der Waals surface area contributed by atoms with Crippen molar-refractivity contribution >= 4 is 27.5 Å². The number of benzene rings is 4. The number of nitrogens with zero attached hydrogens (tertiary/aromatic N) is 2. The number of hydrogen-bond acceptors (Lipinski definition) is 5. The summed E-state index contributed by atoms with van der Waals surface area (Å²) in [6.45, 7) is 1.47. The largest absolute Gasteiger partial charge is 0.495 e. The molecule has 0 spiro atoms. The predicted molar refractivity (Wildman–Crippen MR) is 180 cm³/mol. The zero-order valence-corrected chi connectivity index (χ0v) is 27.2. The lowest BCUT2D eigenvalue weighted by Crippen LogP contribution is -2.54. The highest BCUT2D eigenvalue weighted by Crippen LogP contribution is 2.33. The lowest BCUT2D eigenvalue weighted by molar-refractivity contribution is -0.140. The van der Waals surface area contributed by atoms with Crippen molar-refractivity contribution in [2.24, 2.45) is 0 Å². The Bertz CT molecular complexity index is 1710. The fourth-order valence-corrected chi connectivity index (χ4v) is 7.31. The highest BCUT2D eigenvalue weighted by Gasteiger charge is 2.36. The van der Waals surface area contributed by atoms with Gasteiger partial charge in [0.1, 0.15) is 18.3 Å². The van der Waals surface area contributed by atoms with Crippen LogP contribution in [0.1, 0.15) is 42.4 Å². The number of rotatable bonds is 13. The van der Waals surface area contributed by atoms with E-state index in [-0.39, 0.29) is 35.5 Å². The van der Waals surface area contributed by atoms with Crippen molar-refractivity contribution in [1.82, 2.24) is 10.2 Å². The minimum atomic E-state index is -4.22. The molecule has 1 aliphatic rings. The van der Waals surface area contributed by atoms with E-state index < -0.39 is 28.5 Å². The first-order chi connectivity index (χ1) is 22.3. The van der Waals surface area contributed by atoms with Gasteiger partial charge in [-0.05, 0) is 55.2 Å². The second-order valence-electron chi connectivity index (χ2n) is 11.7. The van der Waals surface area contributed by atoms with E-state index in [1.165, 1.54) is 24.1 Å². The van der Waals surface area contributed by atoms with Crippen LogP contribution in [-0.2, 0) is 32.6 Å². The molecule has 1 saturated carbocycles. The summed E-state index contributed by atoms with van der Waals surface area (Å²) in [6.07, 6.45) is 4.16. The topological polar surface area (TPSA) is 96.0 Å². The van der Waals surface area contributed by atoms with Crippen molar-refractivity contribution in [3.8, 4) is 5.75 Å². The first-order valence-corrected chi connectivity index (χ1v) is 17.1. The molecule has 1 fully saturated rings. The Labute approximate surface area is 272 Å². The van der Waals surface area contributed by atoms with Crippen LogP contribution in [0.2, 0.25) is 0 Å². The molecule has 0 aliphatic heterocycles. The van der Waals surface area contributed by atoms with Crippen LogP contribution in [0.25, 0.3) is 0 Å². The van der Waals surface area contributed by atoms with Gasteiger partial charge in [0.15, 0.2) is 0 Å². The van der Waals surface area contributed by atoms with Crippen LogP contribution in [-0.4, -0.2) is 50.9 Å². The average Bonchev–Trinajstić information content (AvgIpc) is 3.59. The summed E-state index contributed by atoms with van der Waals surface area (Å²) in [6, 6.07) is 31.4. The highest BCUT2D eigenvalue weighted by atomic mass is 32.2. The van der Waals surface area contributed by atoms with E-state index in [0.717, 1.165) is 46.7 Å². The van der Waals surface area contributed by atoms with Crippen molar-refractivity contribution in [3.63, 3.8) is 0 Å². The van der Waals surface area contributed by atoms with Gasteiger partial charge in [-0.3, -0.25) is 13.9 Å². The van der Waals surface area contributed by atoms with Gasteiger partial charge in [-0.25, -0.2) is 8.42 Å². The monoisotopic (exact) mass is 639 g/mol.